The second kappa shape index (κ2) is 15.3. The molecule has 7 nitrogen and oxygen atoms in total. The number of hydrogen-bond donors (Lipinski definition) is 2. The van der Waals surface area contributed by atoms with E-state index in [9.17, 15) is 9.59 Å². The summed E-state index contributed by atoms with van der Waals surface area (Å²) in [4.78, 5) is 30.4. The van der Waals surface area contributed by atoms with Crippen molar-refractivity contribution < 1.29 is 19.1 Å². The van der Waals surface area contributed by atoms with E-state index in [0.29, 0.717) is 25.7 Å². The molecule has 210 valence electrons. The number of nitrogens with one attached hydrogen (secondary N) is 2. The van der Waals surface area contributed by atoms with Gasteiger partial charge in [0, 0.05) is 18.3 Å². The number of carbonyl (C=O) groups excluding carboxylic acids is 2. The predicted molar refractivity (Wildman–Crippen MR) is 156 cm³/mol. The number of hydrogen-bond acceptors (Lipinski definition) is 6. The zero-order valence-corrected chi connectivity index (χ0v) is 24.2. The van der Waals surface area contributed by atoms with Gasteiger partial charge in [-0.15, -0.1) is 11.3 Å². The van der Waals surface area contributed by atoms with Crippen LogP contribution in [0.3, 0.4) is 0 Å². The molecule has 1 aromatic heterocycles. The van der Waals surface area contributed by atoms with Crippen LogP contribution in [-0.4, -0.2) is 35.4 Å². The van der Waals surface area contributed by atoms with E-state index in [1.165, 1.54) is 11.3 Å². The number of aromatic nitrogens is 1. The fraction of sp³-hybridized carbons (Fsp3) is 0.452. The maximum absolute atomic E-state index is 12.8. The minimum atomic E-state index is -0.465. The first kappa shape index (κ1) is 30.2. The largest absolute Gasteiger partial charge is 0.447 e. The topological polar surface area (TPSA) is 89.6 Å². The molecular formula is C31H41N3O4S. The molecule has 39 heavy (non-hydrogen) atoms. The van der Waals surface area contributed by atoms with Gasteiger partial charge in [-0.2, -0.15) is 0 Å². The van der Waals surface area contributed by atoms with Crippen LogP contribution in [0.5, 0.6) is 0 Å². The Kier molecular flexibility index (Phi) is 11.8. The smallest absolute Gasteiger partial charge is 0.407 e. The lowest BCUT2D eigenvalue weighted by molar-refractivity contribution is 0.0793. The first-order valence-electron chi connectivity index (χ1n) is 13.5. The van der Waals surface area contributed by atoms with E-state index in [0.717, 1.165) is 22.4 Å². The quantitative estimate of drug-likeness (QED) is 0.241. The molecule has 0 aliphatic carbocycles. The summed E-state index contributed by atoms with van der Waals surface area (Å²) in [5.41, 5.74) is 4.02. The van der Waals surface area contributed by atoms with Crippen LogP contribution in [0.4, 0.5) is 9.59 Å². The maximum Gasteiger partial charge on any atom is 0.407 e. The van der Waals surface area contributed by atoms with Gasteiger partial charge in [0.15, 0.2) is 0 Å². The fourth-order valence-electron chi connectivity index (χ4n) is 4.60. The second-order valence-corrected chi connectivity index (χ2v) is 12.1. The Hall–Kier alpha value is -3.39. The average Bonchev–Trinajstić information content (AvgIpc) is 3.40. The number of ether oxygens (including phenoxy) is 2. The van der Waals surface area contributed by atoms with Gasteiger partial charge < -0.3 is 20.1 Å². The molecule has 1 heterocycles. The predicted octanol–water partition coefficient (Wildman–Crippen LogP) is 6.92. The third kappa shape index (κ3) is 12.3. The lowest BCUT2D eigenvalue weighted by Crippen LogP contribution is -2.41. The summed E-state index contributed by atoms with van der Waals surface area (Å²) in [6.07, 6.45) is 4.03. The molecule has 0 aliphatic heterocycles. The normalized spacial score (nSPS) is 13.6. The van der Waals surface area contributed by atoms with Gasteiger partial charge in [0.1, 0.15) is 12.7 Å². The highest BCUT2D eigenvalue weighted by molar-refractivity contribution is 7.09. The third-order valence-electron chi connectivity index (χ3n) is 6.19. The molecular weight excluding hydrogens is 510 g/mol. The SMILES string of the molecule is CC(CC(C)(C)C)OC(=O)NC(CCC(Cc1ccccc1)NC(=O)OCc1cncs1)Cc1ccccc1. The lowest BCUT2D eigenvalue weighted by Gasteiger charge is -2.26. The Morgan fingerprint density at radius 1 is 0.872 bits per heavy atom. The van der Waals surface area contributed by atoms with E-state index in [-0.39, 0.29) is 30.2 Å². The number of amides is 2. The average molecular weight is 552 g/mol. The fourth-order valence-corrected chi connectivity index (χ4v) is 5.10. The van der Waals surface area contributed by atoms with Crippen molar-refractivity contribution in [2.45, 2.75) is 84.6 Å². The van der Waals surface area contributed by atoms with Crippen molar-refractivity contribution in [2.75, 3.05) is 0 Å². The molecule has 8 heteroatoms. The summed E-state index contributed by atoms with van der Waals surface area (Å²) >= 11 is 1.45. The lowest BCUT2D eigenvalue weighted by atomic mass is 9.90. The van der Waals surface area contributed by atoms with Crippen molar-refractivity contribution in [3.05, 3.63) is 88.4 Å². The summed E-state index contributed by atoms with van der Waals surface area (Å²) in [7, 11) is 0. The number of thiazole rings is 1. The van der Waals surface area contributed by atoms with Crippen molar-refractivity contribution in [1.82, 2.24) is 15.6 Å². The highest BCUT2D eigenvalue weighted by Gasteiger charge is 2.22. The number of alkyl carbamates (subject to hydrolysis) is 2. The number of carbonyl (C=O) groups is 2. The molecule has 3 rings (SSSR count). The first-order chi connectivity index (χ1) is 18.7. The Morgan fingerprint density at radius 3 is 1.90 bits per heavy atom. The molecule has 2 aromatic carbocycles. The van der Waals surface area contributed by atoms with Crippen molar-refractivity contribution >= 4 is 23.5 Å². The Bertz CT molecular complexity index is 1120. The van der Waals surface area contributed by atoms with Crippen LogP contribution >= 0.6 is 11.3 Å². The van der Waals surface area contributed by atoms with E-state index in [4.69, 9.17) is 9.47 Å². The maximum atomic E-state index is 12.8. The number of nitrogens with zero attached hydrogens (tertiary/aromatic N) is 1. The van der Waals surface area contributed by atoms with Crippen LogP contribution in [-0.2, 0) is 28.9 Å². The van der Waals surface area contributed by atoms with Crippen molar-refractivity contribution in [3.8, 4) is 0 Å². The van der Waals surface area contributed by atoms with E-state index in [1.54, 1.807) is 11.7 Å². The summed E-state index contributed by atoms with van der Waals surface area (Å²) in [5.74, 6) is 0. The summed E-state index contributed by atoms with van der Waals surface area (Å²) in [6, 6.07) is 19.8. The van der Waals surface area contributed by atoms with Crippen LogP contribution in [0.1, 0.15) is 63.0 Å². The van der Waals surface area contributed by atoms with Crippen molar-refractivity contribution in [1.29, 1.82) is 0 Å². The summed E-state index contributed by atoms with van der Waals surface area (Å²) in [5, 5.41) is 6.13. The molecule has 0 bridgehead atoms. The minimum Gasteiger partial charge on any atom is -0.447 e. The Labute approximate surface area is 236 Å². The molecule has 3 aromatic rings. The first-order valence-corrected chi connectivity index (χ1v) is 14.4. The molecule has 2 amide bonds. The molecule has 2 N–H and O–H groups in total. The standard InChI is InChI=1S/C31H41N3O4S/c1-23(19-31(2,3)4)38-30(36)34-27(18-25-13-9-6-10-14-25)16-15-26(17-24-11-7-5-8-12-24)33-29(35)37-21-28-20-32-22-39-28/h5-14,20,22-23,26-27H,15-19,21H2,1-4H3,(H,33,35)(H,34,36). The van der Waals surface area contributed by atoms with Crippen LogP contribution in [0.15, 0.2) is 72.4 Å². The van der Waals surface area contributed by atoms with Crippen LogP contribution in [0, 0.1) is 5.41 Å². The van der Waals surface area contributed by atoms with Gasteiger partial charge in [-0.3, -0.25) is 4.98 Å². The van der Waals surface area contributed by atoms with Gasteiger partial charge >= 0.3 is 12.2 Å². The van der Waals surface area contributed by atoms with Crippen molar-refractivity contribution in [2.24, 2.45) is 5.41 Å². The third-order valence-corrected chi connectivity index (χ3v) is 6.95. The van der Waals surface area contributed by atoms with Gasteiger partial charge in [-0.1, -0.05) is 81.4 Å². The number of rotatable bonds is 13. The summed E-state index contributed by atoms with van der Waals surface area (Å²) in [6.45, 7) is 8.50. The van der Waals surface area contributed by atoms with Gasteiger partial charge in [-0.25, -0.2) is 9.59 Å². The van der Waals surface area contributed by atoms with Crippen LogP contribution in [0.25, 0.3) is 0 Å². The van der Waals surface area contributed by atoms with E-state index >= 15 is 0 Å². The minimum absolute atomic E-state index is 0.0636. The van der Waals surface area contributed by atoms with Gasteiger partial charge in [0.05, 0.1) is 10.4 Å². The van der Waals surface area contributed by atoms with Crippen LogP contribution in [0.2, 0.25) is 0 Å². The van der Waals surface area contributed by atoms with Gasteiger partial charge in [0.2, 0.25) is 0 Å². The van der Waals surface area contributed by atoms with E-state index in [1.807, 2.05) is 55.5 Å². The Morgan fingerprint density at radius 2 is 1.41 bits per heavy atom. The highest BCUT2D eigenvalue weighted by Crippen LogP contribution is 2.22. The molecule has 0 fully saturated rings. The van der Waals surface area contributed by atoms with Gasteiger partial charge in [0.25, 0.3) is 0 Å². The molecule has 3 unspecified atom stereocenters. The Balaban J connectivity index is 1.64. The monoisotopic (exact) mass is 551 g/mol. The zero-order valence-electron chi connectivity index (χ0n) is 23.4. The molecule has 3 atom stereocenters. The van der Waals surface area contributed by atoms with Gasteiger partial charge in [-0.05, 0) is 55.6 Å². The molecule has 0 spiro atoms. The molecule has 0 aliphatic rings. The van der Waals surface area contributed by atoms with Crippen LogP contribution < -0.4 is 10.6 Å². The van der Waals surface area contributed by atoms with Crippen molar-refractivity contribution in [3.63, 3.8) is 0 Å². The highest BCUT2D eigenvalue weighted by atomic mass is 32.1. The van der Waals surface area contributed by atoms with E-state index in [2.05, 4.69) is 48.5 Å². The molecule has 0 saturated heterocycles. The zero-order chi connectivity index (χ0) is 28.1. The summed E-state index contributed by atoms with van der Waals surface area (Å²) < 4.78 is 11.1. The molecule has 0 radical (unpaired) electrons. The second-order valence-electron chi connectivity index (χ2n) is 11.2. The van der Waals surface area contributed by atoms with E-state index < -0.39 is 12.2 Å². The molecule has 0 saturated carbocycles. The number of benzene rings is 2.